The zero-order chi connectivity index (χ0) is 24.1. The summed E-state index contributed by atoms with van der Waals surface area (Å²) in [4.78, 5) is 33.2. The van der Waals surface area contributed by atoms with Crippen molar-refractivity contribution in [3.8, 4) is 34.2 Å². The summed E-state index contributed by atoms with van der Waals surface area (Å²) in [5, 5.41) is 0.556. The van der Waals surface area contributed by atoms with Crippen molar-refractivity contribution >= 4 is 37.4 Å². The van der Waals surface area contributed by atoms with Crippen LogP contribution < -0.4 is 5.56 Å². The van der Waals surface area contributed by atoms with Crippen molar-refractivity contribution in [3.63, 3.8) is 0 Å². The van der Waals surface area contributed by atoms with Gasteiger partial charge in [-0.15, -0.1) is 0 Å². The third kappa shape index (κ3) is 3.37. The third-order valence-electron chi connectivity index (χ3n) is 6.10. The van der Waals surface area contributed by atoms with Gasteiger partial charge in [0.1, 0.15) is 0 Å². The van der Waals surface area contributed by atoms with Crippen LogP contribution in [0.5, 0.6) is 0 Å². The van der Waals surface area contributed by atoms with E-state index in [0.717, 1.165) is 26.9 Å². The smallest absolute Gasteiger partial charge is 0.266 e. The van der Waals surface area contributed by atoms with Crippen LogP contribution in [0.2, 0.25) is 0 Å². The summed E-state index contributed by atoms with van der Waals surface area (Å²) in [6.07, 6.45) is 0. The first-order valence-electron chi connectivity index (χ1n) is 11.5. The molecule has 0 bridgehead atoms. The fourth-order valence-corrected chi connectivity index (χ4v) is 5.37. The van der Waals surface area contributed by atoms with Crippen molar-refractivity contribution in [1.82, 2.24) is 24.3 Å². The largest absolute Gasteiger partial charge is 0.268 e. The van der Waals surface area contributed by atoms with Gasteiger partial charge in [-0.1, -0.05) is 90.2 Å². The van der Waals surface area contributed by atoms with Crippen LogP contribution in [0.1, 0.15) is 0 Å². The number of fused-ring (bicyclic) bond motifs is 4. The molecule has 0 aliphatic carbocycles. The fraction of sp³-hybridized carbons (Fsp3) is 0. The van der Waals surface area contributed by atoms with E-state index in [1.54, 1.807) is 4.40 Å². The van der Waals surface area contributed by atoms with E-state index in [0.29, 0.717) is 33.3 Å². The van der Waals surface area contributed by atoms with Crippen molar-refractivity contribution in [1.29, 1.82) is 0 Å². The summed E-state index contributed by atoms with van der Waals surface area (Å²) in [6.45, 7) is 0. The minimum Gasteiger partial charge on any atom is -0.268 e. The number of para-hydroxylation sites is 1. The minimum atomic E-state index is -0.0791. The highest BCUT2D eigenvalue weighted by molar-refractivity contribution is 7.23. The van der Waals surface area contributed by atoms with Crippen LogP contribution in [0.15, 0.2) is 108 Å². The molecular formula is C29H17N5OS. The number of aromatic nitrogens is 5. The van der Waals surface area contributed by atoms with E-state index in [4.69, 9.17) is 19.9 Å². The maximum absolute atomic E-state index is 13.4. The summed E-state index contributed by atoms with van der Waals surface area (Å²) in [7, 11) is 0. The Morgan fingerprint density at radius 2 is 1.17 bits per heavy atom. The van der Waals surface area contributed by atoms with Gasteiger partial charge in [-0.2, -0.15) is 0 Å². The Balaban J connectivity index is 1.45. The molecule has 36 heavy (non-hydrogen) atoms. The second kappa shape index (κ2) is 8.18. The van der Waals surface area contributed by atoms with Crippen LogP contribution in [0.4, 0.5) is 0 Å². The van der Waals surface area contributed by atoms with Gasteiger partial charge in [-0.3, -0.25) is 9.20 Å². The summed E-state index contributed by atoms with van der Waals surface area (Å²) in [5.74, 6) is 1.71. The Bertz CT molecular complexity index is 1910. The van der Waals surface area contributed by atoms with Crippen molar-refractivity contribution in [2.45, 2.75) is 0 Å². The quantitative estimate of drug-likeness (QED) is 0.297. The van der Waals surface area contributed by atoms with E-state index in [1.165, 1.54) is 11.3 Å². The van der Waals surface area contributed by atoms with E-state index in [9.17, 15) is 4.79 Å². The van der Waals surface area contributed by atoms with Crippen LogP contribution >= 0.6 is 11.3 Å². The molecule has 7 aromatic rings. The standard InChI is InChI=1S/C29H17N5OS/c35-28-21-16-15-20(17-22(21)30-29-34(28)23-13-7-8-14-24(23)36-29)27-32-25(18-9-3-1-4-10-18)31-26(33-27)19-11-5-2-6-12-19/h1-17H. The molecule has 7 rings (SSSR count). The lowest BCUT2D eigenvalue weighted by molar-refractivity contribution is 1.07. The van der Waals surface area contributed by atoms with Gasteiger partial charge in [0.2, 0.25) is 0 Å². The zero-order valence-electron chi connectivity index (χ0n) is 18.9. The van der Waals surface area contributed by atoms with Gasteiger partial charge in [0, 0.05) is 16.7 Å². The first kappa shape index (κ1) is 20.6. The molecule has 0 unspecified atom stereocenters. The normalized spacial score (nSPS) is 11.4. The molecule has 0 radical (unpaired) electrons. The zero-order valence-corrected chi connectivity index (χ0v) is 19.7. The number of thiazole rings is 1. The number of rotatable bonds is 3. The number of benzene rings is 4. The summed E-state index contributed by atoms with van der Waals surface area (Å²) in [6, 6.07) is 33.1. The summed E-state index contributed by atoms with van der Waals surface area (Å²) < 4.78 is 2.71. The highest BCUT2D eigenvalue weighted by atomic mass is 32.1. The molecule has 0 fully saturated rings. The third-order valence-corrected chi connectivity index (χ3v) is 7.13. The molecule has 0 N–H and O–H groups in total. The molecule has 6 nitrogen and oxygen atoms in total. The van der Waals surface area contributed by atoms with Gasteiger partial charge in [0.05, 0.1) is 21.1 Å². The van der Waals surface area contributed by atoms with E-state index >= 15 is 0 Å². The lowest BCUT2D eigenvalue weighted by Gasteiger charge is -2.09. The molecule has 170 valence electrons. The molecule has 0 spiro atoms. The topological polar surface area (TPSA) is 73.0 Å². The molecule has 0 atom stereocenters. The van der Waals surface area contributed by atoms with Gasteiger partial charge in [-0.25, -0.2) is 19.9 Å². The molecule has 3 aromatic heterocycles. The van der Waals surface area contributed by atoms with Crippen LogP contribution in [-0.4, -0.2) is 24.3 Å². The van der Waals surface area contributed by atoms with Gasteiger partial charge in [0.25, 0.3) is 5.56 Å². The van der Waals surface area contributed by atoms with Gasteiger partial charge in [-0.05, 0) is 24.3 Å². The molecule has 0 amide bonds. The SMILES string of the molecule is O=c1c2ccc(-c3nc(-c4ccccc4)nc(-c4ccccc4)n3)cc2nc2sc3ccccc3n12. The molecular weight excluding hydrogens is 466 g/mol. The molecule has 7 heteroatoms. The Hall–Kier alpha value is -4.75. The maximum Gasteiger partial charge on any atom is 0.266 e. The van der Waals surface area contributed by atoms with Crippen molar-refractivity contribution in [2.75, 3.05) is 0 Å². The number of hydrogen-bond acceptors (Lipinski definition) is 6. The molecule has 0 aliphatic rings. The molecule has 3 heterocycles. The highest BCUT2D eigenvalue weighted by Gasteiger charge is 2.15. The highest BCUT2D eigenvalue weighted by Crippen LogP contribution is 2.28. The fourth-order valence-electron chi connectivity index (χ4n) is 4.35. The molecule has 0 aliphatic heterocycles. The van der Waals surface area contributed by atoms with Crippen LogP contribution in [0.25, 0.3) is 60.2 Å². The van der Waals surface area contributed by atoms with E-state index < -0.39 is 0 Å². The van der Waals surface area contributed by atoms with E-state index in [2.05, 4.69) is 0 Å². The summed E-state index contributed by atoms with van der Waals surface area (Å²) in [5.41, 5.74) is 4.00. The van der Waals surface area contributed by atoms with Crippen molar-refractivity contribution in [2.24, 2.45) is 0 Å². The van der Waals surface area contributed by atoms with Gasteiger partial charge in [0.15, 0.2) is 22.4 Å². The molecule has 4 aromatic carbocycles. The lowest BCUT2D eigenvalue weighted by Crippen LogP contribution is -2.13. The lowest BCUT2D eigenvalue weighted by atomic mass is 10.1. The average molecular weight is 484 g/mol. The van der Waals surface area contributed by atoms with E-state index in [-0.39, 0.29) is 5.56 Å². The first-order chi connectivity index (χ1) is 17.7. The number of hydrogen-bond donors (Lipinski definition) is 0. The van der Waals surface area contributed by atoms with E-state index in [1.807, 2.05) is 103 Å². The Morgan fingerprint density at radius 3 is 1.83 bits per heavy atom. The Labute approximate surface area is 209 Å². The molecule has 0 saturated carbocycles. The van der Waals surface area contributed by atoms with Crippen LogP contribution in [0.3, 0.4) is 0 Å². The second-order valence-electron chi connectivity index (χ2n) is 8.37. The Kier molecular flexibility index (Phi) is 4.68. The average Bonchev–Trinajstić information content (AvgIpc) is 3.32. The minimum absolute atomic E-state index is 0.0791. The predicted octanol–water partition coefficient (Wildman–Crippen LogP) is 6.25. The number of nitrogens with zero attached hydrogens (tertiary/aromatic N) is 5. The summed E-state index contributed by atoms with van der Waals surface area (Å²) >= 11 is 1.50. The van der Waals surface area contributed by atoms with Crippen LogP contribution in [0, 0.1) is 0 Å². The van der Waals surface area contributed by atoms with Crippen molar-refractivity contribution in [3.05, 3.63) is 113 Å². The maximum atomic E-state index is 13.4. The first-order valence-corrected chi connectivity index (χ1v) is 12.3. The van der Waals surface area contributed by atoms with Gasteiger partial charge >= 0.3 is 0 Å². The predicted molar refractivity (Wildman–Crippen MR) is 144 cm³/mol. The second-order valence-corrected chi connectivity index (χ2v) is 9.38. The monoisotopic (exact) mass is 483 g/mol. The molecule has 0 saturated heterocycles. The Morgan fingerprint density at radius 1 is 0.583 bits per heavy atom. The van der Waals surface area contributed by atoms with Crippen LogP contribution in [-0.2, 0) is 0 Å². The van der Waals surface area contributed by atoms with Crippen molar-refractivity contribution < 1.29 is 0 Å². The van der Waals surface area contributed by atoms with Gasteiger partial charge < -0.3 is 0 Å².